The third-order valence-electron chi connectivity index (χ3n) is 3.64. The van der Waals surface area contributed by atoms with Gasteiger partial charge in [0.15, 0.2) is 5.76 Å². The number of hydrogen-bond donors (Lipinski definition) is 1. The Labute approximate surface area is 165 Å². The van der Waals surface area contributed by atoms with Crippen LogP contribution in [0.5, 0.6) is 0 Å². The molecule has 3 rings (SSSR count). The fraction of sp³-hybridized carbons (Fsp3) is 0.263. The second-order valence-corrected chi connectivity index (χ2v) is 8.56. The number of nitrogens with one attached hydrogen (secondary N) is 1. The molecule has 26 heavy (non-hydrogen) atoms. The van der Waals surface area contributed by atoms with Crippen molar-refractivity contribution in [3.8, 4) is 10.6 Å². The molecule has 0 aliphatic heterocycles. The first-order chi connectivity index (χ1) is 12.7. The number of benzene rings is 1. The average molecular weight is 405 g/mol. The van der Waals surface area contributed by atoms with Gasteiger partial charge >= 0.3 is 0 Å². The summed E-state index contributed by atoms with van der Waals surface area (Å²) in [5, 5.41) is 9.00. The molecule has 1 amide bonds. The molecule has 4 nitrogen and oxygen atoms in total. The van der Waals surface area contributed by atoms with Gasteiger partial charge in [0.1, 0.15) is 0 Å². The maximum absolute atomic E-state index is 12.1. The topological polar surface area (TPSA) is 55.1 Å². The van der Waals surface area contributed by atoms with Crippen LogP contribution >= 0.6 is 34.9 Å². The first-order valence-electron chi connectivity index (χ1n) is 8.19. The third-order valence-corrected chi connectivity index (χ3v) is 6.10. The van der Waals surface area contributed by atoms with E-state index in [1.165, 1.54) is 17.3 Å². The molecule has 0 bridgehead atoms. The van der Waals surface area contributed by atoms with E-state index < -0.39 is 0 Å². The number of amides is 1. The van der Waals surface area contributed by atoms with Gasteiger partial charge in [0.2, 0.25) is 5.91 Å². The monoisotopic (exact) mass is 404 g/mol. The van der Waals surface area contributed by atoms with E-state index in [1.54, 1.807) is 11.3 Å². The highest BCUT2D eigenvalue weighted by Crippen LogP contribution is 2.26. The summed E-state index contributed by atoms with van der Waals surface area (Å²) in [6.45, 7) is 0. The molecule has 0 saturated carbocycles. The Hall–Kier alpha value is -1.70. The molecular weight excluding hydrogens is 384 g/mol. The summed E-state index contributed by atoms with van der Waals surface area (Å²) < 4.78 is 5.35. The molecule has 1 N–H and O–H groups in total. The Bertz CT molecular complexity index is 814. The van der Waals surface area contributed by atoms with Crippen LogP contribution in [0.25, 0.3) is 10.6 Å². The normalized spacial score (nSPS) is 10.8. The van der Waals surface area contributed by atoms with Crippen molar-refractivity contribution in [3.05, 3.63) is 59.1 Å². The number of anilines is 1. The van der Waals surface area contributed by atoms with Gasteiger partial charge in [-0.1, -0.05) is 23.4 Å². The van der Waals surface area contributed by atoms with Crippen LogP contribution < -0.4 is 5.32 Å². The van der Waals surface area contributed by atoms with E-state index in [4.69, 9.17) is 4.52 Å². The Morgan fingerprint density at radius 1 is 1.27 bits per heavy atom. The van der Waals surface area contributed by atoms with Crippen molar-refractivity contribution in [1.82, 2.24) is 5.16 Å². The predicted octanol–water partition coefficient (Wildman–Crippen LogP) is 5.18. The number of rotatable bonds is 9. The first-order valence-corrected chi connectivity index (χ1v) is 11.6. The minimum atomic E-state index is -0.00570. The molecule has 2 aromatic heterocycles. The SMILES string of the molecule is CSCCc1ccc(NC(=O)CSCc2cc(-c3cccs3)on2)cc1. The number of thioether (sulfide) groups is 2. The zero-order valence-corrected chi connectivity index (χ0v) is 16.9. The minimum absolute atomic E-state index is 0.00570. The fourth-order valence-electron chi connectivity index (χ4n) is 2.33. The largest absolute Gasteiger partial charge is 0.355 e. The summed E-state index contributed by atoms with van der Waals surface area (Å²) in [6.07, 6.45) is 3.16. The lowest BCUT2D eigenvalue weighted by Gasteiger charge is -2.06. The molecule has 136 valence electrons. The number of nitrogens with zero attached hydrogens (tertiary/aromatic N) is 1. The summed E-state index contributed by atoms with van der Waals surface area (Å²) in [5.41, 5.74) is 2.98. The van der Waals surface area contributed by atoms with Crippen molar-refractivity contribution in [2.75, 3.05) is 23.1 Å². The second-order valence-electron chi connectivity index (χ2n) is 5.64. The summed E-state index contributed by atoms with van der Waals surface area (Å²) in [4.78, 5) is 13.1. The molecule has 0 unspecified atom stereocenters. The number of aryl methyl sites for hydroxylation is 1. The van der Waals surface area contributed by atoms with Gasteiger partial charge in [-0.3, -0.25) is 4.79 Å². The maximum Gasteiger partial charge on any atom is 0.234 e. The van der Waals surface area contributed by atoms with Crippen LogP contribution in [0.2, 0.25) is 0 Å². The quantitative estimate of drug-likeness (QED) is 0.532. The van der Waals surface area contributed by atoms with Gasteiger partial charge < -0.3 is 9.84 Å². The van der Waals surface area contributed by atoms with Crippen molar-refractivity contribution < 1.29 is 9.32 Å². The van der Waals surface area contributed by atoms with Crippen LogP contribution in [0, 0.1) is 0 Å². The van der Waals surface area contributed by atoms with Crippen LogP contribution in [0.1, 0.15) is 11.3 Å². The first kappa shape index (κ1) is 19.1. The van der Waals surface area contributed by atoms with Crippen LogP contribution in [-0.4, -0.2) is 28.8 Å². The van der Waals surface area contributed by atoms with E-state index in [2.05, 4.69) is 28.9 Å². The standard InChI is InChI=1S/C19H20N2O2S3/c1-24-10-8-14-4-6-15(7-5-14)20-19(22)13-25-12-16-11-17(23-21-16)18-3-2-9-26-18/h2-7,9,11H,8,10,12-13H2,1H3,(H,20,22). The number of hydrogen-bond acceptors (Lipinski definition) is 6. The van der Waals surface area contributed by atoms with Gasteiger partial charge in [0.05, 0.1) is 16.3 Å². The highest BCUT2D eigenvalue weighted by Gasteiger charge is 2.09. The van der Waals surface area contributed by atoms with E-state index in [1.807, 2.05) is 47.5 Å². The van der Waals surface area contributed by atoms with Crippen molar-refractivity contribution >= 4 is 46.5 Å². The predicted molar refractivity (Wildman–Crippen MR) is 113 cm³/mol. The van der Waals surface area contributed by atoms with Gasteiger partial charge in [-0.2, -0.15) is 11.8 Å². The molecule has 0 atom stereocenters. The molecule has 3 aromatic rings. The van der Waals surface area contributed by atoms with Crippen LogP contribution in [-0.2, 0) is 17.0 Å². The minimum Gasteiger partial charge on any atom is -0.355 e. The number of thiophene rings is 1. The van der Waals surface area contributed by atoms with E-state index in [-0.39, 0.29) is 5.91 Å². The van der Waals surface area contributed by atoms with Crippen molar-refractivity contribution in [1.29, 1.82) is 0 Å². The van der Waals surface area contributed by atoms with Gasteiger partial charge in [-0.25, -0.2) is 0 Å². The summed E-state index contributed by atoms with van der Waals surface area (Å²) in [7, 11) is 0. The zero-order valence-electron chi connectivity index (χ0n) is 14.4. The lowest BCUT2D eigenvalue weighted by Crippen LogP contribution is -2.14. The average Bonchev–Trinajstić information content (AvgIpc) is 3.32. The lowest BCUT2D eigenvalue weighted by molar-refractivity contribution is -0.113. The van der Waals surface area contributed by atoms with Gasteiger partial charge in [-0.05, 0) is 47.6 Å². The maximum atomic E-state index is 12.1. The smallest absolute Gasteiger partial charge is 0.234 e. The van der Waals surface area contributed by atoms with Gasteiger partial charge in [0, 0.05) is 17.5 Å². The van der Waals surface area contributed by atoms with E-state index in [0.717, 1.165) is 34.2 Å². The molecule has 2 heterocycles. The Kier molecular flexibility index (Phi) is 7.22. The molecule has 0 radical (unpaired) electrons. The summed E-state index contributed by atoms with van der Waals surface area (Å²) in [5.74, 6) is 2.92. The highest BCUT2D eigenvalue weighted by molar-refractivity contribution is 7.99. The third kappa shape index (κ3) is 5.65. The van der Waals surface area contributed by atoms with E-state index in [9.17, 15) is 4.79 Å². The second kappa shape index (κ2) is 9.85. The molecule has 0 saturated heterocycles. The number of aromatic nitrogens is 1. The molecule has 0 aliphatic rings. The van der Waals surface area contributed by atoms with E-state index >= 15 is 0 Å². The van der Waals surface area contributed by atoms with Crippen LogP contribution in [0.4, 0.5) is 5.69 Å². The van der Waals surface area contributed by atoms with Gasteiger partial charge in [0.25, 0.3) is 0 Å². The van der Waals surface area contributed by atoms with Crippen molar-refractivity contribution in [2.24, 2.45) is 0 Å². The van der Waals surface area contributed by atoms with E-state index in [0.29, 0.717) is 11.5 Å². The molecule has 0 aliphatic carbocycles. The van der Waals surface area contributed by atoms with Gasteiger partial charge in [-0.15, -0.1) is 23.1 Å². The highest BCUT2D eigenvalue weighted by atomic mass is 32.2. The Balaban J connectivity index is 1.41. The van der Waals surface area contributed by atoms with Crippen LogP contribution in [0.15, 0.2) is 52.4 Å². The lowest BCUT2D eigenvalue weighted by atomic mass is 10.1. The molecule has 0 spiro atoms. The summed E-state index contributed by atoms with van der Waals surface area (Å²) >= 11 is 4.98. The summed E-state index contributed by atoms with van der Waals surface area (Å²) in [6, 6.07) is 14.0. The zero-order chi connectivity index (χ0) is 18.2. The number of carbonyl (C=O) groups excluding carboxylic acids is 1. The fourth-order valence-corrected chi connectivity index (χ4v) is 4.15. The van der Waals surface area contributed by atoms with Crippen molar-refractivity contribution in [3.63, 3.8) is 0 Å². The molecule has 7 heteroatoms. The van der Waals surface area contributed by atoms with Crippen LogP contribution in [0.3, 0.4) is 0 Å². The van der Waals surface area contributed by atoms with Crippen molar-refractivity contribution in [2.45, 2.75) is 12.2 Å². The Morgan fingerprint density at radius 3 is 2.85 bits per heavy atom. The molecule has 0 fully saturated rings. The Morgan fingerprint density at radius 2 is 2.12 bits per heavy atom. The molecule has 1 aromatic carbocycles. The number of carbonyl (C=O) groups is 1. The molecular formula is C19H20N2O2S3.